The van der Waals surface area contributed by atoms with Crippen LogP contribution in [-0.4, -0.2) is 25.7 Å². The number of hydrogen-bond donors (Lipinski definition) is 1. The number of thiophene rings is 1. The molecule has 0 spiro atoms. The van der Waals surface area contributed by atoms with Crippen molar-refractivity contribution >= 4 is 38.5 Å². The fourth-order valence-electron chi connectivity index (χ4n) is 3.52. The number of hydrogen-bond acceptors (Lipinski definition) is 6. The summed E-state index contributed by atoms with van der Waals surface area (Å²) in [7, 11) is 0. The van der Waals surface area contributed by atoms with Gasteiger partial charge in [0.15, 0.2) is 5.82 Å². The maximum Gasteiger partial charge on any atom is 0.235 e. The Morgan fingerprint density at radius 1 is 1.11 bits per heavy atom. The predicted molar refractivity (Wildman–Crippen MR) is 108 cm³/mol. The van der Waals surface area contributed by atoms with Crippen LogP contribution in [0.5, 0.6) is 0 Å². The molecule has 8 heteroatoms. The number of nitrogens with one attached hydrogen (secondary N) is 1. The van der Waals surface area contributed by atoms with Crippen LogP contribution in [0, 0.1) is 0 Å². The van der Waals surface area contributed by atoms with Crippen LogP contribution in [0.3, 0.4) is 0 Å². The number of carbonyl (C=O) groups is 1. The van der Waals surface area contributed by atoms with E-state index in [9.17, 15) is 4.79 Å². The molecule has 136 valence electrons. The molecular formula is C19H17N5OS2. The first-order valence-corrected chi connectivity index (χ1v) is 10.5. The zero-order valence-corrected chi connectivity index (χ0v) is 16.4. The summed E-state index contributed by atoms with van der Waals surface area (Å²) >= 11 is 3.18. The highest BCUT2D eigenvalue weighted by molar-refractivity contribution is 7.20. The Bertz CT molecular complexity index is 1140. The van der Waals surface area contributed by atoms with Gasteiger partial charge in [-0.3, -0.25) is 4.79 Å². The summed E-state index contributed by atoms with van der Waals surface area (Å²) in [5.74, 6) is 0.644. The number of aromatic nitrogens is 4. The summed E-state index contributed by atoms with van der Waals surface area (Å²) in [5.41, 5.74) is 3.34. The first-order chi connectivity index (χ1) is 13.2. The fourth-order valence-corrected chi connectivity index (χ4v) is 5.70. The average molecular weight is 396 g/mol. The minimum absolute atomic E-state index is 0.0705. The minimum atomic E-state index is -0.0705. The van der Waals surface area contributed by atoms with E-state index in [1.165, 1.54) is 35.1 Å². The van der Waals surface area contributed by atoms with Crippen LogP contribution in [0.2, 0.25) is 0 Å². The van der Waals surface area contributed by atoms with Gasteiger partial charge in [0.05, 0.1) is 5.56 Å². The lowest BCUT2D eigenvalue weighted by Gasteiger charge is -2.11. The Morgan fingerprint density at radius 3 is 2.74 bits per heavy atom. The number of amides is 1. The van der Waals surface area contributed by atoms with E-state index in [2.05, 4.69) is 15.5 Å². The van der Waals surface area contributed by atoms with Crippen molar-refractivity contribution in [3.63, 3.8) is 0 Å². The second kappa shape index (κ2) is 6.54. The lowest BCUT2D eigenvalue weighted by molar-refractivity contribution is -0.114. The van der Waals surface area contributed by atoms with Gasteiger partial charge in [0, 0.05) is 17.4 Å². The van der Waals surface area contributed by atoms with Gasteiger partial charge in [0.1, 0.15) is 10.0 Å². The number of aryl methyl sites for hydroxylation is 1. The van der Waals surface area contributed by atoms with E-state index >= 15 is 0 Å². The molecule has 27 heavy (non-hydrogen) atoms. The van der Waals surface area contributed by atoms with Crippen LogP contribution >= 0.6 is 22.7 Å². The van der Waals surface area contributed by atoms with Crippen LogP contribution in [0.4, 0.5) is 5.00 Å². The molecule has 1 amide bonds. The maximum absolute atomic E-state index is 11.7. The molecule has 0 aliphatic heterocycles. The van der Waals surface area contributed by atoms with Crippen LogP contribution in [0.25, 0.3) is 26.9 Å². The topological polar surface area (TPSA) is 72.2 Å². The normalized spacial score (nSPS) is 13.7. The molecule has 6 nitrogen and oxygen atoms in total. The van der Waals surface area contributed by atoms with Gasteiger partial charge in [-0.05, 0) is 31.2 Å². The van der Waals surface area contributed by atoms with Crippen molar-refractivity contribution in [1.29, 1.82) is 0 Å². The second-order valence-electron chi connectivity index (χ2n) is 6.59. The van der Waals surface area contributed by atoms with Gasteiger partial charge in [0.2, 0.25) is 10.9 Å². The second-order valence-corrected chi connectivity index (χ2v) is 8.65. The summed E-state index contributed by atoms with van der Waals surface area (Å²) < 4.78 is 1.81. The maximum atomic E-state index is 11.7. The van der Waals surface area contributed by atoms with E-state index in [-0.39, 0.29) is 5.91 Å². The first kappa shape index (κ1) is 16.6. The van der Waals surface area contributed by atoms with Gasteiger partial charge in [-0.15, -0.1) is 21.5 Å². The number of nitrogens with zero attached hydrogens (tertiary/aromatic N) is 4. The minimum Gasteiger partial charge on any atom is -0.317 e. The molecule has 1 aromatic carbocycles. The molecule has 0 saturated heterocycles. The monoisotopic (exact) mass is 395 g/mol. The van der Waals surface area contributed by atoms with E-state index in [1.54, 1.807) is 11.3 Å². The molecule has 0 bridgehead atoms. The highest BCUT2D eigenvalue weighted by Gasteiger charge is 2.26. The van der Waals surface area contributed by atoms with E-state index in [0.717, 1.165) is 45.4 Å². The number of carbonyl (C=O) groups excluding carboxylic acids is 1. The van der Waals surface area contributed by atoms with Crippen molar-refractivity contribution in [2.45, 2.75) is 32.6 Å². The molecule has 1 aliphatic carbocycles. The first-order valence-electron chi connectivity index (χ1n) is 8.91. The van der Waals surface area contributed by atoms with Crippen molar-refractivity contribution in [2.75, 3.05) is 5.32 Å². The fraction of sp³-hybridized carbons (Fsp3) is 0.263. The van der Waals surface area contributed by atoms with E-state index in [0.29, 0.717) is 5.82 Å². The van der Waals surface area contributed by atoms with Crippen LogP contribution in [0.15, 0.2) is 30.3 Å². The number of benzene rings is 1. The van der Waals surface area contributed by atoms with E-state index in [4.69, 9.17) is 5.10 Å². The predicted octanol–water partition coefficient (Wildman–Crippen LogP) is 4.42. The molecule has 0 radical (unpaired) electrons. The highest BCUT2D eigenvalue weighted by atomic mass is 32.1. The summed E-state index contributed by atoms with van der Waals surface area (Å²) in [6.45, 7) is 1.54. The molecule has 3 aromatic heterocycles. The van der Waals surface area contributed by atoms with E-state index in [1.807, 2.05) is 34.8 Å². The van der Waals surface area contributed by atoms with Crippen LogP contribution < -0.4 is 5.32 Å². The van der Waals surface area contributed by atoms with Gasteiger partial charge in [-0.2, -0.15) is 9.61 Å². The summed E-state index contributed by atoms with van der Waals surface area (Å²) in [4.78, 5) is 13.8. The zero-order chi connectivity index (χ0) is 18.4. The molecular weight excluding hydrogens is 378 g/mol. The number of rotatable bonds is 3. The zero-order valence-electron chi connectivity index (χ0n) is 14.7. The van der Waals surface area contributed by atoms with Crippen molar-refractivity contribution in [3.05, 3.63) is 40.8 Å². The third-order valence-electron chi connectivity index (χ3n) is 4.70. The Kier molecular flexibility index (Phi) is 4.02. The molecule has 3 heterocycles. The molecule has 1 N–H and O–H groups in total. The lowest BCUT2D eigenvalue weighted by Crippen LogP contribution is -2.07. The smallest absolute Gasteiger partial charge is 0.235 e. The standard InChI is InChI=1S/C19H17N5OS2/c1-11(25)20-18-15(13-9-5-6-10-14(13)26-18)16-21-22-19-24(16)23-17(27-19)12-7-3-2-4-8-12/h2-4,7-8H,5-6,9-10H2,1H3,(H,20,25). The van der Waals surface area contributed by atoms with Crippen LogP contribution in [0.1, 0.15) is 30.2 Å². The lowest BCUT2D eigenvalue weighted by atomic mass is 9.95. The molecule has 4 aromatic rings. The summed E-state index contributed by atoms with van der Waals surface area (Å²) in [5, 5.41) is 18.3. The molecule has 0 fully saturated rings. The summed E-state index contributed by atoms with van der Waals surface area (Å²) in [6, 6.07) is 10.1. The summed E-state index contributed by atoms with van der Waals surface area (Å²) in [6.07, 6.45) is 4.41. The average Bonchev–Trinajstić information content (AvgIpc) is 3.34. The van der Waals surface area contributed by atoms with Gasteiger partial charge in [-0.25, -0.2) is 0 Å². The third kappa shape index (κ3) is 2.85. The van der Waals surface area contributed by atoms with Crippen molar-refractivity contribution < 1.29 is 4.79 Å². The molecule has 1 aliphatic rings. The number of fused-ring (bicyclic) bond motifs is 2. The third-order valence-corrected chi connectivity index (χ3v) is 6.85. The van der Waals surface area contributed by atoms with Gasteiger partial charge >= 0.3 is 0 Å². The molecule has 0 unspecified atom stereocenters. The number of anilines is 1. The largest absolute Gasteiger partial charge is 0.317 e. The Balaban J connectivity index is 1.68. The molecule has 0 atom stereocenters. The quantitative estimate of drug-likeness (QED) is 0.557. The van der Waals surface area contributed by atoms with Crippen molar-refractivity contribution in [2.24, 2.45) is 0 Å². The van der Waals surface area contributed by atoms with Gasteiger partial charge in [-0.1, -0.05) is 41.7 Å². The molecule has 5 rings (SSSR count). The highest BCUT2D eigenvalue weighted by Crippen LogP contribution is 2.44. The van der Waals surface area contributed by atoms with Crippen molar-refractivity contribution in [1.82, 2.24) is 19.8 Å². The Hall–Kier alpha value is -2.58. The van der Waals surface area contributed by atoms with Gasteiger partial charge < -0.3 is 5.32 Å². The Morgan fingerprint density at radius 2 is 1.93 bits per heavy atom. The van der Waals surface area contributed by atoms with Crippen molar-refractivity contribution in [3.8, 4) is 22.0 Å². The van der Waals surface area contributed by atoms with Gasteiger partial charge in [0.25, 0.3) is 0 Å². The Labute approximate surface area is 163 Å². The van der Waals surface area contributed by atoms with E-state index < -0.39 is 0 Å². The van der Waals surface area contributed by atoms with Crippen LogP contribution in [-0.2, 0) is 17.6 Å². The molecule has 0 saturated carbocycles. The SMILES string of the molecule is CC(=O)Nc1sc2c(c1-c1nnc3sc(-c4ccccc4)nn13)CCCC2.